The van der Waals surface area contributed by atoms with Crippen LogP contribution in [0.1, 0.15) is 34.8 Å². The van der Waals surface area contributed by atoms with Gasteiger partial charge in [-0.25, -0.2) is 9.18 Å². The van der Waals surface area contributed by atoms with Crippen molar-refractivity contribution in [2.75, 3.05) is 13.1 Å². The summed E-state index contributed by atoms with van der Waals surface area (Å²) in [7, 11) is 0. The van der Waals surface area contributed by atoms with Crippen LogP contribution >= 0.6 is 0 Å². The number of urea groups is 1. The van der Waals surface area contributed by atoms with Crippen LogP contribution in [0.25, 0.3) is 17.0 Å². The first-order valence-electron chi connectivity index (χ1n) is 11.2. The van der Waals surface area contributed by atoms with E-state index >= 15 is 0 Å². The zero-order valence-corrected chi connectivity index (χ0v) is 18.0. The number of hydrogen-bond acceptors (Lipinski definition) is 3. The molecule has 2 aliphatic rings. The van der Waals surface area contributed by atoms with Gasteiger partial charge in [-0.2, -0.15) is 0 Å². The Kier molecular flexibility index (Phi) is 4.75. The largest absolute Gasteiger partial charge is 0.357 e. The summed E-state index contributed by atoms with van der Waals surface area (Å²) in [6, 6.07) is 15.1. The third kappa shape index (κ3) is 3.59. The lowest BCUT2D eigenvalue weighted by molar-refractivity contribution is 0.177. The highest BCUT2D eigenvalue weighted by Crippen LogP contribution is 2.35. The number of benzene rings is 2. The Hall–Kier alpha value is -3.87. The molecule has 33 heavy (non-hydrogen) atoms. The molecule has 6 nitrogen and oxygen atoms in total. The molecule has 2 aromatic heterocycles. The Balaban J connectivity index is 1.23. The van der Waals surface area contributed by atoms with Gasteiger partial charge < -0.3 is 14.0 Å². The first-order valence-corrected chi connectivity index (χ1v) is 11.2. The van der Waals surface area contributed by atoms with Crippen molar-refractivity contribution < 1.29 is 13.7 Å². The van der Waals surface area contributed by atoms with Crippen LogP contribution in [0.4, 0.5) is 9.18 Å². The van der Waals surface area contributed by atoms with E-state index in [1.807, 2.05) is 23.1 Å². The van der Waals surface area contributed by atoms with Gasteiger partial charge in [-0.3, -0.25) is 4.90 Å². The van der Waals surface area contributed by atoms with Gasteiger partial charge in [0.25, 0.3) is 0 Å². The fraction of sp³-hybridized carbons (Fsp3) is 0.231. The highest BCUT2D eigenvalue weighted by atomic mass is 19.1. The summed E-state index contributed by atoms with van der Waals surface area (Å²) in [5.74, 6) is 0.746. The molecule has 4 heterocycles. The molecule has 0 aliphatic carbocycles. The van der Waals surface area contributed by atoms with E-state index in [2.05, 4.69) is 28.1 Å². The molecular formula is C26H23FN4O2. The van der Waals surface area contributed by atoms with Crippen molar-refractivity contribution in [1.29, 1.82) is 0 Å². The Morgan fingerprint density at radius 3 is 3.00 bits per heavy atom. The number of likely N-dealkylation sites (tertiary alicyclic amines) is 1. The maximum Gasteiger partial charge on any atom is 0.324 e. The zero-order chi connectivity index (χ0) is 22.4. The van der Waals surface area contributed by atoms with Gasteiger partial charge in [-0.1, -0.05) is 35.5 Å². The molecule has 1 saturated heterocycles. The minimum atomic E-state index is -0.223. The van der Waals surface area contributed by atoms with Crippen molar-refractivity contribution in [3.8, 4) is 0 Å². The predicted octanol–water partition coefficient (Wildman–Crippen LogP) is 5.21. The lowest BCUT2D eigenvalue weighted by Gasteiger charge is -2.26. The van der Waals surface area contributed by atoms with Crippen molar-refractivity contribution in [2.24, 2.45) is 0 Å². The summed E-state index contributed by atoms with van der Waals surface area (Å²) in [5.41, 5.74) is 4.21. The number of nitrogens with zero attached hydrogens (tertiary/aromatic N) is 4. The van der Waals surface area contributed by atoms with E-state index in [1.165, 1.54) is 17.0 Å². The normalized spacial score (nSPS) is 17.7. The van der Waals surface area contributed by atoms with Gasteiger partial charge in [0.15, 0.2) is 5.76 Å². The fourth-order valence-electron chi connectivity index (χ4n) is 4.98. The van der Waals surface area contributed by atoms with Crippen molar-refractivity contribution in [2.45, 2.75) is 25.4 Å². The summed E-state index contributed by atoms with van der Waals surface area (Å²) in [6.07, 6.45) is 8.32. The van der Waals surface area contributed by atoms with Gasteiger partial charge >= 0.3 is 6.03 Å². The van der Waals surface area contributed by atoms with Crippen LogP contribution < -0.4 is 0 Å². The molecule has 0 bridgehead atoms. The lowest BCUT2D eigenvalue weighted by atomic mass is 9.98. The minimum Gasteiger partial charge on any atom is -0.357 e. The van der Waals surface area contributed by atoms with Crippen LogP contribution in [-0.4, -0.2) is 38.6 Å². The van der Waals surface area contributed by atoms with E-state index in [9.17, 15) is 9.18 Å². The molecule has 1 atom stereocenters. The molecule has 0 spiro atoms. The number of halogens is 1. The number of rotatable bonds is 3. The second-order valence-corrected chi connectivity index (χ2v) is 8.73. The number of para-hydroxylation sites is 1. The van der Waals surface area contributed by atoms with Crippen LogP contribution in [0, 0.1) is 5.82 Å². The zero-order valence-electron chi connectivity index (χ0n) is 18.0. The molecule has 0 N–H and O–H groups in total. The molecule has 1 fully saturated rings. The van der Waals surface area contributed by atoms with Crippen molar-refractivity contribution in [1.82, 2.24) is 19.5 Å². The third-order valence-corrected chi connectivity index (χ3v) is 6.63. The van der Waals surface area contributed by atoms with Gasteiger partial charge in [-0.15, -0.1) is 0 Å². The quantitative estimate of drug-likeness (QED) is 0.438. The summed E-state index contributed by atoms with van der Waals surface area (Å²) in [6.45, 7) is 2.47. The molecular weight excluding hydrogens is 419 g/mol. The Morgan fingerprint density at radius 2 is 2.09 bits per heavy atom. The van der Waals surface area contributed by atoms with Crippen LogP contribution in [0.5, 0.6) is 0 Å². The maximum absolute atomic E-state index is 13.7. The van der Waals surface area contributed by atoms with Gasteiger partial charge in [0.05, 0.1) is 12.7 Å². The first-order chi connectivity index (χ1) is 16.2. The molecule has 2 amide bonds. The second-order valence-electron chi connectivity index (χ2n) is 8.73. The highest BCUT2D eigenvalue weighted by molar-refractivity contribution is 5.85. The molecule has 2 aromatic carbocycles. The number of hydrogen-bond donors (Lipinski definition) is 0. The average Bonchev–Trinajstić information content (AvgIpc) is 3.57. The van der Waals surface area contributed by atoms with Gasteiger partial charge in [0, 0.05) is 60.5 Å². The van der Waals surface area contributed by atoms with Gasteiger partial charge in [0.2, 0.25) is 0 Å². The summed E-state index contributed by atoms with van der Waals surface area (Å²) in [4.78, 5) is 16.8. The third-order valence-electron chi connectivity index (χ3n) is 6.63. The SMILES string of the molecule is O=C(N1C=Cc2oncc2C1)N1CCC(c2cn(Cc3cccc(F)c3)c3ccccc23)C1. The number of fused-ring (bicyclic) bond motifs is 2. The van der Waals surface area contributed by atoms with Crippen LogP contribution in [0.2, 0.25) is 0 Å². The van der Waals surface area contributed by atoms with Crippen molar-refractivity contribution >= 4 is 23.0 Å². The highest BCUT2D eigenvalue weighted by Gasteiger charge is 2.32. The van der Waals surface area contributed by atoms with Crippen molar-refractivity contribution in [3.05, 3.63) is 95.4 Å². The van der Waals surface area contributed by atoms with Crippen LogP contribution in [0.15, 0.2) is 71.6 Å². The Morgan fingerprint density at radius 1 is 1.18 bits per heavy atom. The molecule has 4 aromatic rings. The number of aromatic nitrogens is 2. The van der Waals surface area contributed by atoms with E-state index in [-0.39, 0.29) is 17.8 Å². The van der Waals surface area contributed by atoms with E-state index in [0.717, 1.165) is 23.1 Å². The summed E-state index contributed by atoms with van der Waals surface area (Å²) < 4.78 is 21.1. The Bertz CT molecular complexity index is 1370. The van der Waals surface area contributed by atoms with Crippen LogP contribution in [0.3, 0.4) is 0 Å². The van der Waals surface area contributed by atoms with Gasteiger partial charge in [-0.05, 0) is 35.7 Å². The van der Waals surface area contributed by atoms with Gasteiger partial charge in [0.1, 0.15) is 5.82 Å². The van der Waals surface area contributed by atoms with E-state index in [4.69, 9.17) is 4.52 Å². The predicted molar refractivity (Wildman–Crippen MR) is 123 cm³/mol. The number of carbonyl (C=O) groups excluding carboxylic acids is 1. The molecule has 0 radical (unpaired) electrons. The number of carbonyl (C=O) groups is 1. The van der Waals surface area contributed by atoms with Crippen LogP contribution in [-0.2, 0) is 13.1 Å². The second kappa shape index (κ2) is 7.92. The standard InChI is InChI=1S/C26H23FN4O2/c27-21-5-3-4-18(12-21)14-31-17-23(22-6-1-2-7-24(22)31)19-8-10-29(15-19)26(32)30-11-9-25-20(16-30)13-28-33-25/h1-7,9,11-13,17,19H,8,10,14-16H2. The van der Waals surface area contributed by atoms with E-state index in [1.54, 1.807) is 35.5 Å². The molecule has 6 rings (SSSR count). The lowest BCUT2D eigenvalue weighted by Crippen LogP contribution is -2.39. The summed E-state index contributed by atoms with van der Waals surface area (Å²) in [5, 5.41) is 5.01. The Labute approximate surface area is 190 Å². The maximum atomic E-state index is 13.7. The van der Waals surface area contributed by atoms with Crippen molar-refractivity contribution in [3.63, 3.8) is 0 Å². The fourth-order valence-corrected chi connectivity index (χ4v) is 4.98. The topological polar surface area (TPSA) is 54.5 Å². The average molecular weight is 442 g/mol. The molecule has 2 aliphatic heterocycles. The molecule has 7 heteroatoms. The number of amides is 2. The monoisotopic (exact) mass is 442 g/mol. The molecule has 1 unspecified atom stereocenters. The minimum absolute atomic E-state index is 0.00380. The smallest absolute Gasteiger partial charge is 0.324 e. The first kappa shape index (κ1) is 19.8. The van der Waals surface area contributed by atoms with E-state index < -0.39 is 0 Å². The summed E-state index contributed by atoms with van der Waals surface area (Å²) >= 11 is 0. The van der Waals surface area contributed by atoms with E-state index in [0.29, 0.717) is 31.9 Å². The molecule has 166 valence electrons. The molecule has 0 saturated carbocycles.